The summed E-state index contributed by atoms with van der Waals surface area (Å²) in [4.78, 5) is 18.5. The first-order valence-corrected chi connectivity index (χ1v) is 10.1. The van der Waals surface area contributed by atoms with Gasteiger partial charge in [0.25, 0.3) is 0 Å². The van der Waals surface area contributed by atoms with Crippen molar-refractivity contribution in [2.75, 3.05) is 17.7 Å². The lowest BCUT2D eigenvalue weighted by Crippen LogP contribution is -2.35. The largest absolute Gasteiger partial charge is 0.367 e. The molecular formula is C22H25N5O. The number of carbonyl (C=O) groups excluding carboxylic acids is 1. The minimum atomic E-state index is -0.0624. The predicted octanol–water partition coefficient (Wildman–Crippen LogP) is 4.72. The molecule has 1 aromatic carbocycles. The van der Waals surface area contributed by atoms with Crippen molar-refractivity contribution in [3.8, 4) is 11.3 Å². The van der Waals surface area contributed by atoms with Crippen LogP contribution >= 0.6 is 0 Å². The summed E-state index contributed by atoms with van der Waals surface area (Å²) in [6.45, 7) is 0.605. The van der Waals surface area contributed by atoms with Gasteiger partial charge in [-0.05, 0) is 42.7 Å². The normalized spacial score (nSPS) is 17.5. The number of hydrogen-bond donors (Lipinski definition) is 2. The van der Waals surface area contributed by atoms with Gasteiger partial charge in [0.05, 0.1) is 0 Å². The van der Waals surface area contributed by atoms with E-state index in [2.05, 4.69) is 33.4 Å². The van der Waals surface area contributed by atoms with Crippen LogP contribution in [0.2, 0.25) is 0 Å². The summed E-state index contributed by atoms with van der Waals surface area (Å²) in [6, 6.07) is 12.7. The van der Waals surface area contributed by atoms with Gasteiger partial charge in [0.1, 0.15) is 17.2 Å². The van der Waals surface area contributed by atoms with Crippen molar-refractivity contribution in [2.45, 2.75) is 44.7 Å². The Kier molecular flexibility index (Phi) is 4.19. The van der Waals surface area contributed by atoms with Crippen LogP contribution in [0.4, 0.5) is 16.3 Å². The number of fused-ring (bicyclic) bond motifs is 2. The van der Waals surface area contributed by atoms with E-state index in [4.69, 9.17) is 4.98 Å². The number of pyridine rings is 1. The van der Waals surface area contributed by atoms with Crippen LogP contribution in [0.15, 0.2) is 42.6 Å². The second kappa shape index (κ2) is 6.86. The predicted molar refractivity (Wildman–Crippen MR) is 112 cm³/mol. The summed E-state index contributed by atoms with van der Waals surface area (Å²) < 4.78 is 2.15. The Balaban J connectivity index is 1.58. The molecule has 144 valence electrons. The van der Waals surface area contributed by atoms with Crippen LogP contribution in [-0.2, 0) is 6.54 Å². The summed E-state index contributed by atoms with van der Waals surface area (Å²) >= 11 is 0. The SMILES string of the molecule is CN1Cc2cc(-c3nc4ccccn4c3NC3CCCCC3)ccc2NC1=O. The van der Waals surface area contributed by atoms with Gasteiger partial charge >= 0.3 is 6.03 Å². The van der Waals surface area contributed by atoms with E-state index < -0.39 is 0 Å². The lowest BCUT2D eigenvalue weighted by Gasteiger charge is -2.26. The molecule has 0 saturated heterocycles. The van der Waals surface area contributed by atoms with E-state index in [1.165, 1.54) is 32.1 Å². The smallest absolute Gasteiger partial charge is 0.321 e. The molecule has 1 fully saturated rings. The highest BCUT2D eigenvalue weighted by molar-refractivity contribution is 5.93. The van der Waals surface area contributed by atoms with Crippen LogP contribution in [0.3, 0.4) is 0 Å². The molecule has 1 aliphatic heterocycles. The molecule has 2 amide bonds. The molecule has 3 aromatic rings. The third-order valence-corrected chi connectivity index (χ3v) is 5.85. The number of urea groups is 1. The molecule has 0 radical (unpaired) electrons. The maximum Gasteiger partial charge on any atom is 0.321 e. The van der Waals surface area contributed by atoms with Gasteiger partial charge in [-0.25, -0.2) is 9.78 Å². The van der Waals surface area contributed by atoms with Crippen molar-refractivity contribution in [3.05, 3.63) is 48.2 Å². The van der Waals surface area contributed by atoms with Crippen LogP contribution in [0.5, 0.6) is 0 Å². The summed E-state index contributed by atoms with van der Waals surface area (Å²) in [5.74, 6) is 1.07. The molecule has 0 spiro atoms. The van der Waals surface area contributed by atoms with Gasteiger partial charge in [0, 0.05) is 37.1 Å². The maximum absolute atomic E-state index is 11.9. The number of nitrogens with one attached hydrogen (secondary N) is 2. The van der Waals surface area contributed by atoms with Crippen LogP contribution in [0.25, 0.3) is 16.9 Å². The fourth-order valence-corrected chi connectivity index (χ4v) is 4.31. The highest BCUT2D eigenvalue weighted by Crippen LogP contribution is 2.34. The number of aromatic nitrogens is 2. The number of anilines is 2. The standard InChI is InChI=1S/C22H25N5O/c1-26-14-16-13-15(10-11-18(16)24-22(26)28)20-21(23-17-7-3-2-4-8-17)27-12-6-5-9-19(27)25-20/h5-6,9-13,17,23H,2-4,7-8,14H2,1H3,(H,24,28). The van der Waals surface area contributed by atoms with Gasteiger partial charge in [0.2, 0.25) is 0 Å². The molecule has 0 atom stereocenters. The number of amides is 2. The second-order valence-corrected chi connectivity index (χ2v) is 7.88. The molecule has 28 heavy (non-hydrogen) atoms. The van der Waals surface area contributed by atoms with Gasteiger partial charge in [-0.1, -0.05) is 31.4 Å². The van der Waals surface area contributed by atoms with E-state index >= 15 is 0 Å². The molecule has 0 unspecified atom stereocenters. The van der Waals surface area contributed by atoms with Crippen molar-refractivity contribution in [2.24, 2.45) is 0 Å². The van der Waals surface area contributed by atoms with Crippen LogP contribution in [-0.4, -0.2) is 33.4 Å². The Bertz CT molecular complexity index is 1030. The zero-order chi connectivity index (χ0) is 19.1. The fraction of sp³-hybridized carbons (Fsp3) is 0.364. The molecule has 2 aromatic heterocycles. The molecule has 2 N–H and O–H groups in total. The zero-order valence-electron chi connectivity index (χ0n) is 16.1. The first kappa shape index (κ1) is 17.1. The summed E-state index contributed by atoms with van der Waals surface area (Å²) in [7, 11) is 1.81. The summed E-state index contributed by atoms with van der Waals surface area (Å²) in [6.07, 6.45) is 8.40. The van der Waals surface area contributed by atoms with Crippen molar-refractivity contribution in [1.29, 1.82) is 0 Å². The van der Waals surface area contributed by atoms with E-state index in [1.807, 2.05) is 31.3 Å². The second-order valence-electron chi connectivity index (χ2n) is 7.88. The average Bonchev–Trinajstić information content (AvgIpc) is 3.08. The number of nitrogens with zero attached hydrogens (tertiary/aromatic N) is 3. The number of imidazole rings is 1. The fourth-order valence-electron chi connectivity index (χ4n) is 4.31. The Morgan fingerprint density at radius 2 is 2.00 bits per heavy atom. The van der Waals surface area contributed by atoms with Crippen LogP contribution in [0, 0.1) is 0 Å². The molecule has 0 bridgehead atoms. The van der Waals surface area contributed by atoms with Gasteiger partial charge in [-0.15, -0.1) is 0 Å². The Hall–Kier alpha value is -3.02. The van der Waals surface area contributed by atoms with E-state index in [0.717, 1.165) is 34.0 Å². The van der Waals surface area contributed by atoms with Crippen molar-refractivity contribution in [1.82, 2.24) is 14.3 Å². The number of benzene rings is 1. The first-order valence-electron chi connectivity index (χ1n) is 10.1. The van der Waals surface area contributed by atoms with Crippen molar-refractivity contribution < 1.29 is 4.79 Å². The average molecular weight is 375 g/mol. The Labute approximate surface area is 164 Å². The van der Waals surface area contributed by atoms with E-state index in [9.17, 15) is 4.79 Å². The first-order chi connectivity index (χ1) is 13.7. The topological polar surface area (TPSA) is 61.7 Å². The highest BCUT2D eigenvalue weighted by Gasteiger charge is 2.23. The van der Waals surface area contributed by atoms with E-state index in [1.54, 1.807) is 4.90 Å². The third-order valence-electron chi connectivity index (χ3n) is 5.85. The molecule has 6 heteroatoms. The molecule has 1 saturated carbocycles. The molecule has 6 nitrogen and oxygen atoms in total. The van der Waals surface area contributed by atoms with Crippen molar-refractivity contribution >= 4 is 23.2 Å². The van der Waals surface area contributed by atoms with Gasteiger partial charge in [0.15, 0.2) is 0 Å². The molecule has 1 aliphatic carbocycles. The minimum Gasteiger partial charge on any atom is -0.367 e. The molecular weight excluding hydrogens is 350 g/mol. The lowest BCUT2D eigenvalue weighted by molar-refractivity contribution is 0.218. The van der Waals surface area contributed by atoms with E-state index in [-0.39, 0.29) is 6.03 Å². The summed E-state index contributed by atoms with van der Waals surface area (Å²) in [5, 5.41) is 6.73. The molecule has 5 rings (SSSR count). The minimum absolute atomic E-state index is 0.0624. The van der Waals surface area contributed by atoms with Gasteiger partial charge < -0.3 is 15.5 Å². The van der Waals surface area contributed by atoms with Crippen LogP contribution in [0.1, 0.15) is 37.7 Å². The maximum atomic E-state index is 11.9. The Morgan fingerprint density at radius 1 is 1.14 bits per heavy atom. The van der Waals surface area contributed by atoms with E-state index in [0.29, 0.717) is 12.6 Å². The molecule has 3 heterocycles. The van der Waals surface area contributed by atoms with Crippen molar-refractivity contribution in [3.63, 3.8) is 0 Å². The van der Waals surface area contributed by atoms with Gasteiger partial charge in [-0.2, -0.15) is 0 Å². The molecule has 2 aliphatic rings. The van der Waals surface area contributed by atoms with Crippen LogP contribution < -0.4 is 10.6 Å². The zero-order valence-corrected chi connectivity index (χ0v) is 16.1. The third kappa shape index (κ3) is 2.99. The number of carbonyl (C=O) groups is 1. The summed E-state index contributed by atoms with van der Waals surface area (Å²) in [5.41, 5.74) is 4.99. The quantitative estimate of drug-likeness (QED) is 0.696. The Morgan fingerprint density at radius 3 is 2.86 bits per heavy atom. The monoisotopic (exact) mass is 375 g/mol. The highest BCUT2D eigenvalue weighted by atomic mass is 16.2. The lowest BCUT2D eigenvalue weighted by atomic mass is 9.95. The number of hydrogen-bond acceptors (Lipinski definition) is 3. The van der Waals surface area contributed by atoms with Gasteiger partial charge in [-0.3, -0.25) is 4.40 Å². The number of rotatable bonds is 3.